The Kier molecular flexibility index (Phi) is 4.97. The van der Waals surface area contributed by atoms with Crippen molar-refractivity contribution in [2.24, 2.45) is 0 Å². The lowest BCUT2D eigenvalue weighted by Gasteiger charge is -2.35. The van der Waals surface area contributed by atoms with Crippen LogP contribution < -0.4 is 4.90 Å². The quantitative estimate of drug-likeness (QED) is 0.901. The lowest BCUT2D eigenvalue weighted by atomic mass is 9.98. The van der Waals surface area contributed by atoms with Gasteiger partial charge >= 0.3 is 0 Å². The average molecular weight is 366 g/mol. The van der Waals surface area contributed by atoms with Crippen LogP contribution in [-0.2, 0) is 11.2 Å². The number of aromatic amines is 1. The summed E-state index contributed by atoms with van der Waals surface area (Å²) < 4.78 is 0. The van der Waals surface area contributed by atoms with Crippen molar-refractivity contribution in [1.29, 1.82) is 0 Å². The predicted molar refractivity (Wildman–Crippen MR) is 104 cm³/mol. The fourth-order valence-electron chi connectivity index (χ4n) is 4.22. The maximum atomic E-state index is 13.0. The molecule has 6 nitrogen and oxygen atoms in total. The largest absolute Gasteiger partial charge is 0.334 e. The first-order valence-corrected chi connectivity index (χ1v) is 9.93. The average Bonchev–Trinajstić information content (AvgIpc) is 3.35. The van der Waals surface area contributed by atoms with Crippen LogP contribution in [0.3, 0.4) is 0 Å². The van der Waals surface area contributed by atoms with E-state index in [1.165, 1.54) is 5.56 Å². The molecule has 4 rings (SSSR count). The molecule has 1 aromatic carbocycles. The number of H-pyrrole nitrogens is 1. The van der Waals surface area contributed by atoms with E-state index in [-0.39, 0.29) is 17.9 Å². The summed E-state index contributed by atoms with van der Waals surface area (Å²) in [6.45, 7) is 3.49. The third-order valence-corrected chi connectivity index (χ3v) is 5.60. The van der Waals surface area contributed by atoms with Gasteiger partial charge in [-0.3, -0.25) is 14.7 Å². The summed E-state index contributed by atoms with van der Waals surface area (Å²) in [6, 6.07) is 9.85. The number of hydrogen-bond donors (Lipinski definition) is 1. The van der Waals surface area contributed by atoms with E-state index in [1.807, 2.05) is 36.1 Å². The zero-order valence-corrected chi connectivity index (χ0v) is 15.8. The van der Waals surface area contributed by atoms with Crippen LogP contribution in [0.15, 0.2) is 30.3 Å². The number of fused-ring (bicyclic) bond motifs is 1. The molecular formula is C21H26N4O2. The van der Waals surface area contributed by atoms with Gasteiger partial charge in [-0.05, 0) is 49.8 Å². The SMILES string of the molecule is CCCC(=O)N1CCCCC1c1cc(C(=O)N2CCc3ccccc32)n[nH]1. The molecule has 27 heavy (non-hydrogen) atoms. The molecule has 1 N–H and O–H groups in total. The first kappa shape index (κ1) is 17.8. The molecule has 0 bridgehead atoms. The molecule has 0 aliphatic carbocycles. The van der Waals surface area contributed by atoms with Crippen molar-refractivity contribution in [3.05, 3.63) is 47.3 Å². The van der Waals surface area contributed by atoms with Crippen molar-refractivity contribution in [1.82, 2.24) is 15.1 Å². The monoisotopic (exact) mass is 366 g/mol. The molecule has 1 atom stereocenters. The summed E-state index contributed by atoms with van der Waals surface area (Å²) in [5.41, 5.74) is 3.47. The Morgan fingerprint density at radius 2 is 2.07 bits per heavy atom. The first-order chi connectivity index (χ1) is 13.2. The summed E-state index contributed by atoms with van der Waals surface area (Å²) in [5.74, 6) is 0.114. The number of para-hydroxylation sites is 1. The Morgan fingerprint density at radius 1 is 1.22 bits per heavy atom. The third-order valence-electron chi connectivity index (χ3n) is 5.60. The Labute approximate surface area is 159 Å². The molecule has 2 aliphatic rings. The molecule has 1 fully saturated rings. The number of nitrogens with zero attached hydrogens (tertiary/aromatic N) is 3. The van der Waals surface area contributed by atoms with Gasteiger partial charge in [0.15, 0.2) is 5.69 Å². The molecule has 0 radical (unpaired) electrons. The van der Waals surface area contributed by atoms with Gasteiger partial charge in [-0.15, -0.1) is 0 Å². The highest BCUT2D eigenvalue weighted by molar-refractivity contribution is 6.06. The van der Waals surface area contributed by atoms with E-state index in [9.17, 15) is 9.59 Å². The molecule has 6 heteroatoms. The number of likely N-dealkylation sites (tertiary alicyclic amines) is 1. The summed E-state index contributed by atoms with van der Waals surface area (Å²) >= 11 is 0. The van der Waals surface area contributed by atoms with Gasteiger partial charge in [-0.2, -0.15) is 5.10 Å². The molecule has 2 aliphatic heterocycles. The van der Waals surface area contributed by atoms with Crippen LogP contribution in [0.5, 0.6) is 0 Å². The van der Waals surface area contributed by atoms with Gasteiger partial charge in [0.2, 0.25) is 5.91 Å². The van der Waals surface area contributed by atoms with Gasteiger partial charge in [0.05, 0.1) is 11.7 Å². The molecule has 0 spiro atoms. The zero-order chi connectivity index (χ0) is 18.8. The van der Waals surface area contributed by atoms with E-state index in [0.29, 0.717) is 18.7 Å². The van der Waals surface area contributed by atoms with Crippen LogP contribution in [0.1, 0.15) is 66.8 Å². The number of hydrogen-bond acceptors (Lipinski definition) is 3. The summed E-state index contributed by atoms with van der Waals surface area (Å²) in [4.78, 5) is 29.2. The molecule has 0 saturated carbocycles. The van der Waals surface area contributed by atoms with Crippen molar-refractivity contribution in [2.45, 2.75) is 51.5 Å². The maximum Gasteiger partial charge on any atom is 0.278 e. The highest BCUT2D eigenvalue weighted by Gasteiger charge is 2.31. The van der Waals surface area contributed by atoms with Gasteiger partial charge in [-0.1, -0.05) is 25.1 Å². The molecular weight excluding hydrogens is 340 g/mol. The molecule has 1 saturated heterocycles. The van der Waals surface area contributed by atoms with E-state index in [4.69, 9.17) is 0 Å². The van der Waals surface area contributed by atoms with Gasteiger partial charge in [0.1, 0.15) is 0 Å². The number of rotatable bonds is 4. The maximum absolute atomic E-state index is 13.0. The Bertz CT molecular complexity index is 844. The lowest BCUT2D eigenvalue weighted by Crippen LogP contribution is -2.38. The molecule has 2 amide bonds. The highest BCUT2D eigenvalue weighted by Crippen LogP contribution is 2.32. The number of amides is 2. The van der Waals surface area contributed by atoms with Crippen molar-refractivity contribution < 1.29 is 9.59 Å². The van der Waals surface area contributed by atoms with Gasteiger partial charge in [0, 0.05) is 25.2 Å². The number of carbonyl (C=O) groups is 2. The predicted octanol–water partition coefficient (Wildman–Crippen LogP) is 3.47. The summed E-state index contributed by atoms with van der Waals surface area (Å²) in [5, 5.41) is 7.33. The second kappa shape index (κ2) is 7.55. The standard InChI is InChI=1S/C21H26N4O2/c1-2-7-20(26)24-12-6-5-10-19(24)16-14-17(23-22-16)21(27)25-13-11-15-8-3-4-9-18(15)25/h3-4,8-9,14,19H,2,5-7,10-13H2,1H3,(H,22,23). The Hall–Kier alpha value is -2.63. The molecule has 2 aromatic rings. The molecule has 1 aromatic heterocycles. The molecule has 1 unspecified atom stereocenters. The smallest absolute Gasteiger partial charge is 0.278 e. The minimum absolute atomic E-state index is 0.00212. The van der Waals surface area contributed by atoms with Gasteiger partial charge in [-0.25, -0.2) is 0 Å². The third kappa shape index (κ3) is 3.36. The number of carbonyl (C=O) groups excluding carboxylic acids is 2. The van der Waals surface area contributed by atoms with E-state index in [2.05, 4.69) is 16.3 Å². The normalized spacial score (nSPS) is 19.2. The minimum atomic E-state index is -0.0790. The summed E-state index contributed by atoms with van der Waals surface area (Å²) in [6.07, 6.45) is 5.34. The van der Waals surface area contributed by atoms with Crippen molar-refractivity contribution in [3.63, 3.8) is 0 Å². The van der Waals surface area contributed by atoms with E-state index >= 15 is 0 Å². The molecule has 3 heterocycles. The number of aromatic nitrogens is 2. The second-order valence-electron chi connectivity index (χ2n) is 7.39. The van der Waals surface area contributed by atoms with Crippen molar-refractivity contribution >= 4 is 17.5 Å². The van der Waals surface area contributed by atoms with Crippen LogP contribution in [0.2, 0.25) is 0 Å². The fraction of sp³-hybridized carbons (Fsp3) is 0.476. The minimum Gasteiger partial charge on any atom is -0.334 e. The topological polar surface area (TPSA) is 69.3 Å². The second-order valence-corrected chi connectivity index (χ2v) is 7.39. The number of benzene rings is 1. The first-order valence-electron chi connectivity index (χ1n) is 9.93. The highest BCUT2D eigenvalue weighted by atomic mass is 16.2. The number of anilines is 1. The van der Waals surface area contributed by atoms with Crippen LogP contribution >= 0.6 is 0 Å². The molecule has 142 valence electrons. The van der Waals surface area contributed by atoms with Crippen LogP contribution in [0.4, 0.5) is 5.69 Å². The fourth-order valence-corrected chi connectivity index (χ4v) is 4.22. The van der Waals surface area contributed by atoms with Gasteiger partial charge in [0.25, 0.3) is 5.91 Å². The van der Waals surface area contributed by atoms with Crippen LogP contribution in [-0.4, -0.2) is 40.0 Å². The van der Waals surface area contributed by atoms with Crippen molar-refractivity contribution in [2.75, 3.05) is 18.0 Å². The van der Waals surface area contributed by atoms with E-state index in [0.717, 1.165) is 50.0 Å². The Morgan fingerprint density at radius 3 is 2.93 bits per heavy atom. The zero-order valence-electron chi connectivity index (χ0n) is 15.8. The van der Waals surface area contributed by atoms with Crippen LogP contribution in [0, 0.1) is 0 Å². The number of piperidine rings is 1. The van der Waals surface area contributed by atoms with E-state index in [1.54, 1.807) is 4.90 Å². The van der Waals surface area contributed by atoms with E-state index < -0.39 is 0 Å². The van der Waals surface area contributed by atoms with Gasteiger partial charge < -0.3 is 9.80 Å². The van der Waals surface area contributed by atoms with Crippen molar-refractivity contribution in [3.8, 4) is 0 Å². The number of nitrogens with one attached hydrogen (secondary N) is 1. The lowest BCUT2D eigenvalue weighted by molar-refractivity contribution is -0.135. The summed E-state index contributed by atoms with van der Waals surface area (Å²) in [7, 11) is 0. The van der Waals surface area contributed by atoms with Crippen LogP contribution in [0.25, 0.3) is 0 Å². The Balaban J connectivity index is 1.54.